The Labute approximate surface area is 117 Å². The highest BCUT2D eigenvalue weighted by molar-refractivity contribution is 5.96. The van der Waals surface area contributed by atoms with Crippen LogP contribution in [0, 0.1) is 5.92 Å². The van der Waals surface area contributed by atoms with Crippen molar-refractivity contribution in [1.29, 1.82) is 0 Å². The molecule has 0 bridgehead atoms. The smallest absolute Gasteiger partial charge is 0.349 e. The molecule has 1 aliphatic rings. The topological polar surface area (TPSA) is 50.5 Å². The van der Waals surface area contributed by atoms with Crippen LogP contribution in [-0.4, -0.2) is 23.9 Å². The monoisotopic (exact) mass is 271 g/mol. The molecule has 0 aliphatic carbocycles. The average Bonchev–Trinajstić information content (AvgIpc) is 2.46. The zero-order valence-electron chi connectivity index (χ0n) is 11.5. The fourth-order valence-corrected chi connectivity index (χ4v) is 2.76. The highest BCUT2D eigenvalue weighted by Gasteiger charge is 2.24. The van der Waals surface area contributed by atoms with E-state index >= 15 is 0 Å². The fraction of sp³-hybridized carbons (Fsp3) is 0.375. The van der Waals surface area contributed by atoms with Gasteiger partial charge in [-0.05, 0) is 30.9 Å². The molecule has 0 radical (unpaired) electrons. The first-order valence-electron chi connectivity index (χ1n) is 6.97. The molecule has 1 fully saturated rings. The Morgan fingerprint density at radius 2 is 2.15 bits per heavy atom. The molecule has 0 spiro atoms. The van der Waals surface area contributed by atoms with Gasteiger partial charge in [0.05, 0.1) is 0 Å². The first-order chi connectivity index (χ1) is 9.65. The van der Waals surface area contributed by atoms with Gasteiger partial charge in [-0.1, -0.05) is 25.1 Å². The minimum Gasteiger partial charge on any atom is -0.422 e. The molecule has 4 heteroatoms. The minimum atomic E-state index is -0.549. The summed E-state index contributed by atoms with van der Waals surface area (Å²) >= 11 is 0. The maximum Gasteiger partial charge on any atom is 0.349 e. The maximum absolute atomic E-state index is 12.5. The van der Waals surface area contributed by atoms with Gasteiger partial charge in [0, 0.05) is 18.5 Å². The standard InChI is InChI=1S/C16H17NO3/c1-11-5-4-8-17(10-11)15(18)13-9-12-6-2-3-7-14(12)20-16(13)19/h2-3,6-7,9,11H,4-5,8,10H2,1H3/t11-/m1/s1. The Hall–Kier alpha value is -2.10. The molecule has 1 saturated heterocycles. The van der Waals surface area contributed by atoms with Crippen molar-refractivity contribution in [2.24, 2.45) is 5.92 Å². The lowest BCUT2D eigenvalue weighted by Gasteiger charge is -2.30. The highest BCUT2D eigenvalue weighted by Crippen LogP contribution is 2.19. The second-order valence-corrected chi connectivity index (χ2v) is 5.48. The van der Waals surface area contributed by atoms with Crippen molar-refractivity contribution in [2.45, 2.75) is 19.8 Å². The molecule has 2 heterocycles. The summed E-state index contributed by atoms with van der Waals surface area (Å²) in [4.78, 5) is 26.2. The lowest BCUT2D eigenvalue weighted by molar-refractivity contribution is 0.0679. The van der Waals surface area contributed by atoms with Crippen LogP contribution in [0.1, 0.15) is 30.1 Å². The van der Waals surface area contributed by atoms with E-state index in [1.807, 2.05) is 12.1 Å². The van der Waals surface area contributed by atoms with Gasteiger partial charge in [0.1, 0.15) is 11.1 Å². The largest absolute Gasteiger partial charge is 0.422 e. The summed E-state index contributed by atoms with van der Waals surface area (Å²) in [7, 11) is 0. The SMILES string of the molecule is C[C@@H]1CCCN(C(=O)c2cc3ccccc3oc2=O)C1. The van der Waals surface area contributed by atoms with Gasteiger partial charge in [-0.3, -0.25) is 4.79 Å². The molecule has 20 heavy (non-hydrogen) atoms. The number of benzene rings is 1. The summed E-state index contributed by atoms with van der Waals surface area (Å²) in [5, 5.41) is 0.778. The van der Waals surface area contributed by atoms with Gasteiger partial charge in [0.25, 0.3) is 5.91 Å². The van der Waals surface area contributed by atoms with Crippen LogP contribution in [0.2, 0.25) is 0 Å². The Bertz CT molecular complexity index is 704. The van der Waals surface area contributed by atoms with Gasteiger partial charge in [0.15, 0.2) is 0 Å². The van der Waals surface area contributed by atoms with E-state index in [-0.39, 0.29) is 11.5 Å². The molecular weight excluding hydrogens is 254 g/mol. The van der Waals surface area contributed by atoms with Crippen LogP contribution >= 0.6 is 0 Å². The highest BCUT2D eigenvalue weighted by atomic mass is 16.4. The van der Waals surface area contributed by atoms with E-state index in [0.717, 1.165) is 24.8 Å². The number of rotatable bonds is 1. The Morgan fingerprint density at radius 3 is 2.95 bits per heavy atom. The Balaban J connectivity index is 1.98. The molecule has 4 nitrogen and oxygen atoms in total. The number of carbonyl (C=O) groups is 1. The third-order valence-electron chi connectivity index (χ3n) is 3.82. The molecule has 104 valence electrons. The van der Waals surface area contributed by atoms with E-state index in [1.165, 1.54) is 0 Å². The minimum absolute atomic E-state index is 0.137. The van der Waals surface area contributed by atoms with Crippen molar-refractivity contribution in [3.8, 4) is 0 Å². The molecule has 1 aliphatic heterocycles. The maximum atomic E-state index is 12.5. The van der Waals surface area contributed by atoms with Crippen LogP contribution in [0.4, 0.5) is 0 Å². The molecule has 2 aromatic rings. The number of hydrogen-bond acceptors (Lipinski definition) is 3. The normalized spacial score (nSPS) is 19.2. The second kappa shape index (κ2) is 5.12. The van der Waals surface area contributed by atoms with Gasteiger partial charge in [0.2, 0.25) is 0 Å². The third-order valence-corrected chi connectivity index (χ3v) is 3.82. The van der Waals surface area contributed by atoms with E-state index in [1.54, 1.807) is 23.1 Å². The summed E-state index contributed by atoms with van der Waals surface area (Å²) in [6.07, 6.45) is 2.13. The summed E-state index contributed by atoms with van der Waals surface area (Å²) < 4.78 is 5.23. The molecule has 0 unspecified atom stereocenters. The van der Waals surface area contributed by atoms with Crippen molar-refractivity contribution >= 4 is 16.9 Å². The summed E-state index contributed by atoms with van der Waals surface area (Å²) in [5.41, 5.74) is 0.103. The van der Waals surface area contributed by atoms with Gasteiger partial charge >= 0.3 is 5.63 Å². The second-order valence-electron chi connectivity index (χ2n) is 5.48. The van der Waals surface area contributed by atoms with Gasteiger partial charge < -0.3 is 9.32 Å². The van der Waals surface area contributed by atoms with Crippen LogP contribution in [0.5, 0.6) is 0 Å². The first-order valence-corrected chi connectivity index (χ1v) is 6.97. The quantitative estimate of drug-likeness (QED) is 0.749. The van der Waals surface area contributed by atoms with Gasteiger partial charge in [-0.2, -0.15) is 0 Å². The third kappa shape index (κ3) is 2.33. The molecule has 1 amide bonds. The van der Waals surface area contributed by atoms with Crippen molar-refractivity contribution in [3.63, 3.8) is 0 Å². The van der Waals surface area contributed by atoms with E-state index in [9.17, 15) is 9.59 Å². The predicted molar refractivity (Wildman–Crippen MR) is 76.8 cm³/mol. The fourth-order valence-electron chi connectivity index (χ4n) is 2.76. The average molecular weight is 271 g/mol. The van der Waals surface area contributed by atoms with Gasteiger partial charge in [-0.15, -0.1) is 0 Å². The summed E-state index contributed by atoms with van der Waals surface area (Å²) in [6, 6.07) is 8.88. The molecular formula is C16H17NO3. The van der Waals surface area contributed by atoms with Crippen LogP contribution in [0.3, 0.4) is 0 Å². The summed E-state index contributed by atoms with van der Waals surface area (Å²) in [5.74, 6) is 0.274. The number of nitrogens with zero attached hydrogens (tertiary/aromatic N) is 1. The van der Waals surface area contributed by atoms with Crippen molar-refractivity contribution in [2.75, 3.05) is 13.1 Å². The first kappa shape index (κ1) is 12.9. The predicted octanol–water partition coefficient (Wildman–Crippen LogP) is 2.67. The lowest BCUT2D eigenvalue weighted by Crippen LogP contribution is -2.40. The Kier molecular flexibility index (Phi) is 3.30. The van der Waals surface area contributed by atoms with E-state index in [0.29, 0.717) is 18.0 Å². The lowest BCUT2D eigenvalue weighted by atomic mass is 9.99. The molecule has 1 aromatic carbocycles. The summed E-state index contributed by atoms with van der Waals surface area (Å²) in [6.45, 7) is 3.56. The Morgan fingerprint density at radius 1 is 1.35 bits per heavy atom. The number of hydrogen-bond donors (Lipinski definition) is 0. The zero-order valence-corrected chi connectivity index (χ0v) is 11.5. The van der Waals surface area contributed by atoms with E-state index in [4.69, 9.17) is 4.42 Å². The number of likely N-dealkylation sites (tertiary alicyclic amines) is 1. The van der Waals surface area contributed by atoms with Crippen molar-refractivity contribution < 1.29 is 9.21 Å². The van der Waals surface area contributed by atoms with Crippen molar-refractivity contribution in [3.05, 3.63) is 46.3 Å². The van der Waals surface area contributed by atoms with Crippen LogP contribution < -0.4 is 5.63 Å². The van der Waals surface area contributed by atoms with Crippen LogP contribution in [-0.2, 0) is 0 Å². The van der Waals surface area contributed by atoms with Crippen LogP contribution in [0.25, 0.3) is 11.0 Å². The van der Waals surface area contributed by atoms with E-state index in [2.05, 4.69) is 6.92 Å². The van der Waals surface area contributed by atoms with Gasteiger partial charge in [-0.25, -0.2) is 4.79 Å². The number of piperidine rings is 1. The number of fused-ring (bicyclic) bond motifs is 1. The number of carbonyl (C=O) groups excluding carboxylic acids is 1. The number of amides is 1. The molecule has 0 N–H and O–H groups in total. The molecule has 1 aromatic heterocycles. The van der Waals surface area contributed by atoms with Crippen LogP contribution in [0.15, 0.2) is 39.5 Å². The number of para-hydroxylation sites is 1. The van der Waals surface area contributed by atoms with Crippen molar-refractivity contribution in [1.82, 2.24) is 4.90 Å². The van der Waals surface area contributed by atoms with E-state index < -0.39 is 5.63 Å². The zero-order chi connectivity index (χ0) is 14.1. The molecule has 0 saturated carbocycles. The molecule has 3 rings (SSSR count). The molecule has 1 atom stereocenters.